The number of sulfone groups is 1. The third kappa shape index (κ3) is 8.16. The van der Waals surface area contributed by atoms with Gasteiger partial charge in [-0.05, 0) is 24.6 Å². The first-order valence-electron chi connectivity index (χ1n) is 5.63. The second-order valence-electron chi connectivity index (χ2n) is 4.39. The molecule has 0 unspecified atom stereocenters. The van der Waals surface area contributed by atoms with Gasteiger partial charge in [-0.15, -0.1) is 0 Å². The van der Waals surface area contributed by atoms with Crippen molar-refractivity contribution in [2.45, 2.75) is 11.3 Å². The van der Waals surface area contributed by atoms with E-state index in [2.05, 4.69) is 4.72 Å². The van der Waals surface area contributed by atoms with Gasteiger partial charge >= 0.3 is 18.9 Å². The molecule has 1 aromatic carbocycles. The Hall–Kier alpha value is -0.573. The Morgan fingerprint density at radius 2 is 1.64 bits per heavy atom. The molecule has 1 aromatic rings. The minimum Gasteiger partial charge on any atom is -0.744 e. The first kappa shape index (κ1) is 21.4. The van der Waals surface area contributed by atoms with Crippen molar-refractivity contribution < 1.29 is 48.7 Å². The average Bonchev–Trinajstić information content (AvgIpc) is 2.25. The summed E-state index contributed by atoms with van der Waals surface area (Å²) in [6.45, 7) is 0. The standard InChI is InChI=1S/C10H15NO7S3.Li/c1-19(12,13)6-3-7-20(14,15)11-9-4-2-5-10(8-9)21(16,17)18;/h2,4-5,8,11H,3,6-7H2,1H3,(H,16,17,18);/q;+1/p-1. The third-order valence-electron chi connectivity index (χ3n) is 2.32. The van der Waals surface area contributed by atoms with Gasteiger partial charge < -0.3 is 4.55 Å². The minimum absolute atomic E-state index is 0. The fourth-order valence-corrected chi connectivity index (χ4v) is 3.94. The molecule has 0 atom stereocenters. The topological polar surface area (TPSA) is 138 Å². The van der Waals surface area contributed by atoms with E-state index in [9.17, 15) is 29.8 Å². The van der Waals surface area contributed by atoms with E-state index in [1.54, 1.807) is 0 Å². The SMILES string of the molecule is CS(=O)(=O)CCCS(=O)(=O)Nc1cccc(S(=O)(=O)[O-])c1.[Li+]. The van der Waals surface area contributed by atoms with Crippen LogP contribution in [0, 0.1) is 0 Å². The molecule has 0 radical (unpaired) electrons. The van der Waals surface area contributed by atoms with Crippen molar-refractivity contribution >= 4 is 35.7 Å². The van der Waals surface area contributed by atoms with E-state index >= 15 is 0 Å². The van der Waals surface area contributed by atoms with Gasteiger partial charge in [-0.25, -0.2) is 25.3 Å². The Labute approximate surface area is 142 Å². The molecule has 12 heteroatoms. The first-order chi connectivity index (χ1) is 9.39. The van der Waals surface area contributed by atoms with Gasteiger partial charge in [0.1, 0.15) is 20.0 Å². The Balaban J connectivity index is 0.00000441. The van der Waals surface area contributed by atoms with E-state index in [1.807, 2.05) is 0 Å². The number of sulfonamides is 1. The van der Waals surface area contributed by atoms with Crippen molar-refractivity contribution in [3.05, 3.63) is 24.3 Å². The van der Waals surface area contributed by atoms with Crippen molar-refractivity contribution in [3.8, 4) is 0 Å². The molecule has 0 bridgehead atoms. The molecular formula is C10H14LiNO7S3. The Morgan fingerprint density at radius 3 is 2.14 bits per heavy atom. The van der Waals surface area contributed by atoms with Crippen LogP contribution in [0.25, 0.3) is 0 Å². The number of hydrogen-bond acceptors (Lipinski definition) is 7. The summed E-state index contributed by atoms with van der Waals surface area (Å²) in [7, 11) is -11.8. The van der Waals surface area contributed by atoms with Gasteiger partial charge in [0.25, 0.3) is 0 Å². The van der Waals surface area contributed by atoms with E-state index in [-0.39, 0.29) is 36.7 Å². The zero-order valence-corrected chi connectivity index (χ0v) is 14.5. The van der Waals surface area contributed by atoms with Crippen LogP contribution in [0.5, 0.6) is 0 Å². The monoisotopic (exact) mass is 363 g/mol. The van der Waals surface area contributed by atoms with Crippen LogP contribution in [0.1, 0.15) is 6.42 Å². The number of rotatable bonds is 7. The van der Waals surface area contributed by atoms with Gasteiger partial charge in [-0.2, -0.15) is 0 Å². The predicted molar refractivity (Wildman–Crippen MR) is 76.1 cm³/mol. The van der Waals surface area contributed by atoms with E-state index < -0.39 is 40.6 Å². The van der Waals surface area contributed by atoms with Gasteiger partial charge in [0.2, 0.25) is 10.0 Å². The number of anilines is 1. The molecule has 0 aliphatic rings. The average molecular weight is 363 g/mol. The molecule has 0 spiro atoms. The number of hydrogen-bond donors (Lipinski definition) is 1. The molecule has 1 N–H and O–H groups in total. The van der Waals surface area contributed by atoms with Gasteiger partial charge in [0.15, 0.2) is 0 Å². The summed E-state index contributed by atoms with van der Waals surface area (Å²) < 4.78 is 79.8. The van der Waals surface area contributed by atoms with Crippen LogP contribution in [-0.4, -0.2) is 47.6 Å². The smallest absolute Gasteiger partial charge is 0.744 e. The minimum atomic E-state index is -4.68. The van der Waals surface area contributed by atoms with Crippen molar-refractivity contribution in [1.82, 2.24) is 0 Å². The molecule has 0 aromatic heterocycles. The summed E-state index contributed by atoms with van der Waals surface area (Å²) in [4.78, 5) is -0.557. The third-order valence-corrected chi connectivity index (χ3v) is 5.56. The zero-order chi connectivity index (χ0) is 16.3. The van der Waals surface area contributed by atoms with Crippen LogP contribution in [0.4, 0.5) is 5.69 Å². The number of nitrogens with one attached hydrogen (secondary N) is 1. The molecule has 0 saturated heterocycles. The van der Waals surface area contributed by atoms with E-state index in [0.717, 1.165) is 18.4 Å². The Morgan fingerprint density at radius 1 is 1.05 bits per heavy atom. The molecule has 0 fully saturated rings. The van der Waals surface area contributed by atoms with Crippen molar-refractivity contribution in [1.29, 1.82) is 0 Å². The maximum Gasteiger partial charge on any atom is 1.00 e. The largest absolute Gasteiger partial charge is 1.00 e. The van der Waals surface area contributed by atoms with E-state index in [4.69, 9.17) is 0 Å². The zero-order valence-electron chi connectivity index (χ0n) is 12.0. The fraction of sp³-hybridized carbons (Fsp3) is 0.400. The van der Waals surface area contributed by atoms with Crippen LogP contribution in [0.3, 0.4) is 0 Å². The molecule has 120 valence electrons. The second-order valence-corrected chi connectivity index (χ2v) is 9.87. The predicted octanol–water partition coefficient (Wildman–Crippen LogP) is -3.23. The number of benzene rings is 1. The molecular weight excluding hydrogens is 349 g/mol. The summed E-state index contributed by atoms with van der Waals surface area (Å²) in [6.07, 6.45) is 0.906. The van der Waals surface area contributed by atoms with E-state index in [1.165, 1.54) is 12.1 Å². The Kier molecular flexibility index (Phi) is 7.60. The summed E-state index contributed by atoms with van der Waals surface area (Å²) in [6, 6.07) is 4.45. The molecule has 1 rings (SSSR count). The van der Waals surface area contributed by atoms with Crippen molar-refractivity contribution in [3.63, 3.8) is 0 Å². The summed E-state index contributed by atoms with van der Waals surface area (Å²) in [5.41, 5.74) is -0.0775. The maximum absolute atomic E-state index is 11.7. The van der Waals surface area contributed by atoms with E-state index in [0.29, 0.717) is 0 Å². The quantitative estimate of drug-likeness (QED) is 0.397. The second kappa shape index (κ2) is 7.81. The molecule has 0 aliphatic carbocycles. The van der Waals surface area contributed by atoms with Crippen molar-refractivity contribution in [2.75, 3.05) is 22.5 Å². The Bertz CT molecular complexity index is 816. The van der Waals surface area contributed by atoms with Gasteiger partial charge in [-0.3, -0.25) is 4.72 Å². The fourth-order valence-electron chi connectivity index (χ4n) is 1.46. The summed E-state index contributed by atoms with van der Waals surface area (Å²) in [5.74, 6) is -0.711. The molecule has 22 heavy (non-hydrogen) atoms. The molecule has 0 aliphatic heterocycles. The maximum atomic E-state index is 11.7. The summed E-state index contributed by atoms with van der Waals surface area (Å²) in [5, 5.41) is 0. The van der Waals surface area contributed by atoms with Crippen molar-refractivity contribution in [2.24, 2.45) is 0 Å². The molecule has 0 amide bonds. The van der Waals surface area contributed by atoms with Gasteiger partial charge in [0, 0.05) is 11.9 Å². The normalized spacial score (nSPS) is 12.5. The van der Waals surface area contributed by atoms with Crippen LogP contribution < -0.4 is 23.6 Å². The van der Waals surface area contributed by atoms with Crippen LogP contribution >= 0.6 is 0 Å². The van der Waals surface area contributed by atoms with Crippen LogP contribution in [0.15, 0.2) is 29.2 Å². The molecule has 0 saturated carbocycles. The first-order valence-corrected chi connectivity index (χ1v) is 10.8. The molecule has 0 heterocycles. The van der Waals surface area contributed by atoms with Crippen LogP contribution in [0.2, 0.25) is 0 Å². The van der Waals surface area contributed by atoms with Crippen LogP contribution in [-0.2, 0) is 30.0 Å². The molecule has 8 nitrogen and oxygen atoms in total. The van der Waals surface area contributed by atoms with Gasteiger partial charge in [-0.1, -0.05) is 6.07 Å². The summed E-state index contributed by atoms with van der Waals surface area (Å²) >= 11 is 0. The van der Waals surface area contributed by atoms with Gasteiger partial charge in [0.05, 0.1) is 16.4 Å².